The summed E-state index contributed by atoms with van der Waals surface area (Å²) >= 11 is 1.40. The highest BCUT2D eigenvalue weighted by atomic mass is 32.2. The van der Waals surface area contributed by atoms with Crippen LogP contribution in [0, 0.1) is 5.92 Å². The van der Waals surface area contributed by atoms with Crippen LogP contribution in [0.15, 0.2) is 72.4 Å². The summed E-state index contributed by atoms with van der Waals surface area (Å²) in [5.41, 5.74) is 3.41. The number of carbonyl (C=O) groups is 1. The topological polar surface area (TPSA) is 132 Å². The van der Waals surface area contributed by atoms with Crippen LogP contribution < -0.4 is 10.0 Å². The zero-order chi connectivity index (χ0) is 26.1. The molecule has 0 bridgehead atoms. The third-order valence-electron chi connectivity index (χ3n) is 5.97. The molecule has 3 aromatic rings. The minimum Gasteiger partial charge on any atom is -0.465 e. The first-order valence-corrected chi connectivity index (χ1v) is 13.8. The van der Waals surface area contributed by atoms with Gasteiger partial charge in [0.05, 0.1) is 17.7 Å². The summed E-state index contributed by atoms with van der Waals surface area (Å²) in [6.07, 6.45) is 0.0700. The molecule has 1 heterocycles. The summed E-state index contributed by atoms with van der Waals surface area (Å²) in [7, 11) is -0.997. The molecule has 11 heteroatoms. The highest BCUT2D eigenvalue weighted by molar-refractivity contribution is 7.87. The monoisotopic (exact) mass is 532 g/mol. The summed E-state index contributed by atoms with van der Waals surface area (Å²) in [5.74, 6) is -0.666. The van der Waals surface area contributed by atoms with E-state index < -0.39 is 40.4 Å². The van der Waals surface area contributed by atoms with Crippen molar-refractivity contribution in [2.24, 2.45) is 5.92 Å². The van der Waals surface area contributed by atoms with Crippen molar-refractivity contribution < 1.29 is 23.4 Å². The first kappa shape index (κ1) is 27.8. The SMILES string of the molecule is CN(C)S(=O)(=O)NC(Cc1ccccc1)C(Cc1cncs1)C(O)C(Cc1ccccc1)NC(=O)O. The van der Waals surface area contributed by atoms with Crippen LogP contribution in [0.4, 0.5) is 4.79 Å². The van der Waals surface area contributed by atoms with Crippen LogP contribution in [0.2, 0.25) is 0 Å². The van der Waals surface area contributed by atoms with Crippen LogP contribution >= 0.6 is 11.3 Å². The number of thiazole rings is 1. The lowest BCUT2D eigenvalue weighted by atomic mass is 9.82. The Morgan fingerprint density at radius 1 is 0.972 bits per heavy atom. The third-order valence-corrected chi connectivity index (χ3v) is 8.34. The van der Waals surface area contributed by atoms with Crippen LogP contribution in [0.25, 0.3) is 0 Å². The molecule has 0 spiro atoms. The number of hydrogen-bond acceptors (Lipinski definition) is 6. The predicted molar refractivity (Wildman–Crippen MR) is 140 cm³/mol. The number of aliphatic hydroxyl groups is 1. The van der Waals surface area contributed by atoms with Gasteiger partial charge in [0.15, 0.2) is 0 Å². The minimum absolute atomic E-state index is 0.242. The van der Waals surface area contributed by atoms with Crippen molar-refractivity contribution in [1.82, 2.24) is 19.3 Å². The summed E-state index contributed by atoms with van der Waals surface area (Å²) in [5, 5.41) is 23.7. The van der Waals surface area contributed by atoms with E-state index in [2.05, 4.69) is 15.0 Å². The van der Waals surface area contributed by atoms with Crippen LogP contribution in [-0.4, -0.2) is 66.3 Å². The molecule has 4 unspecified atom stereocenters. The molecule has 0 aliphatic carbocycles. The molecule has 1 amide bonds. The van der Waals surface area contributed by atoms with Crippen molar-refractivity contribution in [1.29, 1.82) is 0 Å². The molecule has 9 nitrogen and oxygen atoms in total. The zero-order valence-electron chi connectivity index (χ0n) is 20.2. The minimum atomic E-state index is -3.86. The van der Waals surface area contributed by atoms with E-state index in [1.807, 2.05) is 60.7 Å². The molecule has 36 heavy (non-hydrogen) atoms. The Morgan fingerprint density at radius 2 is 1.53 bits per heavy atom. The Labute approximate surface area is 216 Å². The molecule has 194 valence electrons. The van der Waals surface area contributed by atoms with Gasteiger partial charge in [-0.3, -0.25) is 4.98 Å². The summed E-state index contributed by atoms with van der Waals surface area (Å²) in [4.78, 5) is 16.7. The van der Waals surface area contributed by atoms with Crippen molar-refractivity contribution >= 4 is 27.6 Å². The first-order chi connectivity index (χ1) is 17.2. The lowest BCUT2D eigenvalue weighted by Crippen LogP contribution is -2.55. The maximum absolute atomic E-state index is 12.9. The zero-order valence-corrected chi connectivity index (χ0v) is 21.8. The molecule has 1 aromatic heterocycles. The van der Waals surface area contributed by atoms with Crippen LogP contribution in [0.3, 0.4) is 0 Å². The number of nitrogens with zero attached hydrogens (tertiary/aromatic N) is 2. The fourth-order valence-electron chi connectivity index (χ4n) is 4.10. The molecule has 0 saturated carbocycles. The van der Waals surface area contributed by atoms with Crippen molar-refractivity contribution in [3.63, 3.8) is 0 Å². The molecular formula is C25H32N4O5S2. The van der Waals surface area contributed by atoms with Crippen molar-refractivity contribution in [2.75, 3.05) is 14.1 Å². The number of hydrogen-bond donors (Lipinski definition) is 4. The standard InChI is InChI=1S/C25H32N4O5S2/c1-29(2)36(33,34)28-22(13-18-9-5-3-6-10-18)21(15-20-16-26-17-35-20)24(30)23(27-25(31)32)14-19-11-7-4-8-12-19/h3-12,16-17,21-24,27-28,30H,13-15H2,1-2H3,(H,31,32). The van der Waals surface area contributed by atoms with Gasteiger partial charge in [0, 0.05) is 37.1 Å². The molecule has 0 aliphatic rings. The molecule has 0 fully saturated rings. The van der Waals surface area contributed by atoms with E-state index in [4.69, 9.17) is 0 Å². The van der Waals surface area contributed by atoms with E-state index in [9.17, 15) is 23.4 Å². The molecule has 0 saturated heterocycles. The van der Waals surface area contributed by atoms with E-state index >= 15 is 0 Å². The first-order valence-electron chi connectivity index (χ1n) is 11.5. The van der Waals surface area contributed by atoms with Crippen LogP contribution in [-0.2, 0) is 29.5 Å². The maximum Gasteiger partial charge on any atom is 0.404 e. The molecule has 2 aromatic carbocycles. The van der Waals surface area contributed by atoms with Gasteiger partial charge in [-0.1, -0.05) is 60.7 Å². The van der Waals surface area contributed by atoms with Gasteiger partial charge in [-0.2, -0.15) is 17.4 Å². The van der Waals surface area contributed by atoms with E-state index in [1.54, 1.807) is 11.7 Å². The second kappa shape index (κ2) is 12.9. The average Bonchev–Trinajstić information content (AvgIpc) is 3.35. The normalized spacial score (nSPS) is 15.2. The molecule has 4 atom stereocenters. The fourth-order valence-corrected chi connectivity index (χ4v) is 5.62. The van der Waals surface area contributed by atoms with Crippen LogP contribution in [0.5, 0.6) is 0 Å². The van der Waals surface area contributed by atoms with Gasteiger partial charge in [-0.05, 0) is 30.4 Å². The second-order valence-electron chi connectivity index (χ2n) is 8.77. The predicted octanol–water partition coefficient (Wildman–Crippen LogP) is 2.55. The molecular weight excluding hydrogens is 500 g/mol. The Bertz CT molecular complexity index is 1180. The average molecular weight is 533 g/mol. The number of carboxylic acid groups (broad SMARTS) is 1. The number of aromatic nitrogens is 1. The Hall–Kier alpha value is -2.83. The Morgan fingerprint density at radius 3 is 2.00 bits per heavy atom. The lowest BCUT2D eigenvalue weighted by molar-refractivity contribution is 0.0525. The molecule has 0 aliphatic heterocycles. The van der Waals surface area contributed by atoms with Crippen LogP contribution in [0.1, 0.15) is 16.0 Å². The molecule has 0 radical (unpaired) electrons. The number of aliphatic hydroxyl groups excluding tert-OH is 1. The second-order valence-corrected chi connectivity index (χ2v) is 11.7. The third kappa shape index (κ3) is 8.10. The summed E-state index contributed by atoms with van der Waals surface area (Å²) in [6, 6.07) is 17.1. The fraction of sp³-hybridized carbons (Fsp3) is 0.360. The Balaban J connectivity index is 2.01. The van der Waals surface area contributed by atoms with Gasteiger partial charge in [0.2, 0.25) is 0 Å². The summed E-state index contributed by atoms with van der Waals surface area (Å²) < 4.78 is 29.7. The van der Waals surface area contributed by atoms with E-state index in [-0.39, 0.29) is 6.42 Å². The number of benzene rings is 2. The quantitative estimate of drug-likeness (QED) is 0.268. The van der Waals surface area contributed by atoms with Crippen molar-refractivity contribution in [3.05, 3.63) is 88.4 Å². The number of rotatable bonds is 13. The largest absolute Gasteiger partial charge is 0.465 e. The van der Waals surface area contributed by atoms with Crippen molar-refractivity contribution in [3.8, 4) is 0 Å². The molecule has 3 rings (SSSR count). The van der Waals surface area contributed by atoms with E-state index in [0.29, 0.717) is 12.8 Å². The Kier molecular flexibility index (Phi) is 9.97. The summed E-state index contributed by atoms with van der Waals surface area (Å²) in [6.45, 7) is 0. The van der Waals surface area contributed by atoms with E-state index in [1.165, 1.54) is 25.4 Å². The molecule has 4 N–H and O–H groups in total. The van der Waals surface area contributed by atoms with Gasteiger partial charge < -0.3 is 15.5 Å². The van der Waals surface area contributed by atoms with Gasteiger partial charge in [0.1, 0.15) is 0 Å². The highest BCUT2D eigenvalue weighted by Crippen LogP contribution is 2.26. The smallest absolute Gasteiger partial charge is 0.404 e. The number of amides is 1. The maximum atomic E-state index is 12.9. The van der Waals surface area contributed by atoms with Crippen molar-refractivity contribution in [2.45, 2.75) is 37.5 Å². The number of nitrogens with one attached hydrogen (secondary N) is 2. The highest BCUT2D eigenvalue weighted by Gasteiger charge is 2.37. The van der Waals surface area contributed by atoms with Gasteiger partial charge in [-0.15, -0.1) is 11.3 Å². The van der Waals surface area contributed by atoms with Gasteiger partial charge >= 0.3 is 6.09 Å². The van der Waals surface area contributed by atoms with Gasteiger partial charge in [0.25, 0.3) is 10.2 Å². The van der Waals surface area contributed by atoms with Gasteiger partial charge in [-0.25, -0.2) is 4.79 Å². The lowest BCUT2D eigenvalue weighted by Gasteiger charge is -2.36. The van der Waals surface area contributed by atoms with E-state index in [0.717, 1.165) is 20.3 Å².